The molecule has 0 aromatic heterocycles. The van der Waals surface area contributed by atoms with Gasteiger partial charge < -0.3 is 14.6 Å². The molecule has 0 saturated carbocycles. The number of hydrogen-bond donors (Lipinski definition) is 1. The molecule has 0 unspecified atom stereocenters. The van der Waals surface area contributed by atoms with E-state index in [0.717, 1.165) is 10.5 Å². The van der Waals surface area contributed by atoms with E-state index in [9.17, 15) is 14.7 Å². The van der Waals surface area contributed by atoms with Gasteiger partial charge in [0.1, 0.15) is 11.2 Å². The standard InChI is InChI=1S/C21H33NO5/c1-20(2,3)26-18(24)22(19(25)27-21(4,5)6)17(13-10-14-23)15-16-11-8-7-9-12-16/h7-9,11-12,17,23H,10,13-15H2,1-6H3/t17-/m1/s1. The van der Waals surface area contributed by atoms with Crippen LogP contribution < -0.4 is 0 Å². The molecule has 1 aromatic carbocycles. The molecule has 0 aliphatic carbocycles. The maximum Gasteiger partial charge on any atom is 0.420 e. The highest BCUT2D eigenvalue weighted by molar-refractivity contribution is 5.88. The van der Waals surface area contributed by atoms with Crippen molar-refractivity contribution in [2.45, 2.75) is 78.0 Å². The minimum absolute atomic E-state index is 0.0260. The molecule has 1 N–H and O–H groups in total. The van der Waals surface area contributed by atoms with Crippen molar-refractivity contribution < 1.29 is 24.2 Å². The maximum absolute atomic E-state index is 12.8. The lowest BCUT2D eigenvalue weighted by Crippen LogP contribution is -2.49. The van der Waals surface area contributed by atoms with Crippen LogP contribution in [0.2, 0.25) is 0 Å². The number of ether oxygens (including phenoxy) is 2. The first-order chi connectivity index (χ1) is 12.4. The van der Waals surface area contributed by atoms with Gasteiger partial charge in [-0.25, -0.2) is 14.5 Å². The fourth-order valence-corrected chi connectivity index (χ4v) is 2.53. The number of hydrogen-bond acceptors (Lipinski definition) is 5. The minimum Gasteiger partial charge on any atom is -0.443 e. The molecule has 152 valence electrons. The van der Waals surface area contributed by atoms with Gasteiger partial charge in [0.2, 0.25) is 0 Å². The number of aliphatic hydroxyl groups is 1. The number of amides is 2. The Morgan fingerprint density at radius 1 is 0.963 bits per heavy atom. The van der Waals surface area contributed by atoms with Gasteiger partial charge in [-0.3, -0.25) is 0 Å². The zero-order valence-electron chi connectivity index (χ0n) is 17.3. The third-order valence-electron chi connectivity index (χ3n) is 3.56. The number of aliphatic hydroxyl groups excluding tert-OH is 1. The summed E-state index contributed by atoms with van der Waals surface area (Å²) in [4.78, 5) is 26.7. The lowest BCUT2D eigenvalue weighted by atomic mass is 10.0. The Hall–Kier alpha value is -2.08. The summed E-state index contributed by atoms with van der Waals surface area (Å²) in [5.74, 6) is 0. The summed E-state index contributed by atoms with van der Waals surface area (Å²) in [6.45, 7) is 10.5. The predicted molar refractivity (Wildman–Crippen MR) is 105 cm³/mol. The predicted octanol–water partition coefficient (Wildman–Crippen LogP) is 4.54. The number of benzene rings is 1. The van der Waals surface area contributed by atoms with E-state index >= 15 is 0 Å². The summed E-state index contributed by atoms with van der Waals surface area (Å²) in [6.07, 6.45) is -0.116. The van der Waals surface area contributed by atoms with Crippen LogP contribution in [0.25, 0.3) is 0 Å². The van der Waals surface area contributed by atoms with Crippen molar-refractivity contribution in [2.24, 2.45) is 0 Å². The molecular weight excluding hydrogens is 346 g/mol. The molecule has 1 atom stereocenters. The highest BCUT2D eigenvalue weighted by Crippen LogP contribution is 2.21. The van der Waals surface area contributed by atoms with Gasteiger partial charge in [-0.15, -0.1) is 0 Å². The first-order valence-corrected chi connectivity index (χ1v) is 9.33. The molecule has 0 heterocycles. The zero-order chi connectivity index (χ0) is 20.7. The van der Waals surface area contributed by atoms with Crippen LogP contribution >= 0.6 is 0 Å². The molecule has 0 spiro atoms. The van der Waals surface area contributed by atoms with E-state index < -0.39 is 29.4 Å². The number of rotatable bonds is 6. The van der Waals surface area contributed by atoms with Gasteiger partial charge in [-0.1, -0.05) is 30.3 Å². The SMILES string of the molecule is CC(C)(C)OC(=O)N(C(=O)OC(C)(C)C)[C@H](CCCO)Cc1ccccc1. The van der Waals surface area contributed by atoms with Crippen LogP contribution in [0.15, 0.2) is 30.3 Å². The number of imide groups is 1. The van der Waals surface area contributed by atoms with Gasteiger partial charge in [-0.05, 0) is 66.4 Å². The smallest absolute Gasteiger partial charge is 0.420 e. The van der Waals surface area contributed by atoms with Crippen molar-refractivity contribution >= 4 is 12.2 Å². The average Bonchev–Trinajstić information content (AvgIpc) is 2.50. The third kappa shape index (κ3) is 8.91. The Kier molecular flexibility index (Phi) is 8.28. The molecule has 0 saturated heterocycles. The van der Waals surface area contributed by atoms with Crippen molar-refractivity contribution in [3.63, 3.8) is 0 Å². The first kappa shape index (κ1) is 23.0. The number of carbonyl (C=O) groups is 2. The highest BCUT2D eigenvalue weighted by Gasteiger charge is 2.36. The lowest BCUT2D eigenvalue weighted by Gasteiger charge is -2.33. The minimum atomic E-state index is -0.744. The average molecular weight is 379 g/mol. The van der Waals surface area contributed by atoms with Gasteiger partial charge in [0.25, 0.3) is 0 Å². The summed E-state index contributed by atoms with van der Waals surface area (Å²) in [7, 11) is 0. The summed E-state index contributed by atoms with van der Waals surface area (Å²) in [6, 6.07) is 9.12. The van der Waals surface area contributed by atoms with E-state index in [4.69, 9.17) is 9.47 Å². The summed E-state index contributed by atoms with van der Waals surface area (Å²) >= 11 is 0. The van der Waals surface area contributed by atoms with Gasteiger partial charge in [0.05, 0.1) is 6.04 Å². The summed E-state index contributed by atoms with van der Waals surface area (Å²) in [5.41, 5.74) is -0.505. The molecule has 1 aromatic rings. The third-order valence-corrected chi connectivity index (χ3v) is 3.56. The molecular formula is C21H33NO5. The molecule has 0 radical (unpaired) electrons. The fourth-order valence-electron chi connectivity index (χ4n) is 2.53. The van der Waals surface area contributed by atoms with Crippen LogP contribution in [0.5, 0.6) is 0 Å². The Balaban J connectivity index is 3.17. The lowest BCUT2D eigenvalue weighted by molar-refractivity contribution is -0.00856. The second-order valence-corrected chi connectivity index (χ2v) is 8.54. The van der Waals surface area contributed by atoms with Gasteiger partial charge >= 0.3 is 12.2 Å². The second kappa shape index (κ2) is 9.74. The van der Waals surface area contributed by atoms with E-state index in [0.29, 0.717) is 19.3 Å². The summed E-state index contributed by atoms with van der Waals surface area (Å²) < 4.78 is 10.9. The van der Waals surface area contributed by atoms with E-state index in [2.05, 4.69) is 0 Å². The molecule has 1 rings (SSSR count). The molecule has 6 nitrogen and oxygen atoms in total. The maximum atomic E-state index is 12.8. The number of nitrogens with zero attached hydrogens (tertiary/aromatic N) is 1. The Bertz CT molecular complexity index is 573. The van der Waals surface area contributed by atoms with Crippen LogP contribution in [-0.2, 0) is 15.9 Å². The largest absolute Gasteiger partial charge is 0.443 e. The van der Waals surface area contributed by atoms with E-state index in [1.165, 1.54) is 0 Å². The van der Waals surface area contributed by atoms with Crippen molar-refractivity contribution in [1.82, 2.24) is 4.90 Å². The fraction of sp³-hybridized carbons (Fsp3) is 0.619. The summed E-state index contributed by atoms with van der Waals surface area (Å²) in [5, 5.41) is 9.26. The van der Waals surface area contributed by atoms with Crippen molar-refractivity contribution in [2.75, 3.05) is 6.61 Å². The molecule has 0 fully saturated rings. The molecule has 0 aliphatic heterocycles. The van der Waals surface area contributed by atoms with Crippen LogP contribution in [0, 0.1) is 0 Å². The van der Waals surface area contributed by atoms with Crippen molar-refractivity contribution in [1.29, 1.82) is 0 Å². The van der Waals surface area contributed by atoms with Crippen LogP contribution in [0.1, 0.15) is 59.9 Å². The Labute approximate surface area is 162 Å². The monoisotopic (exact) mass is 379 g/mol. The highest BCUT2D eigenvalue weighted by atomic mass is 16.6. The van der Waals surface area contributed by atoms with Crippen molar-refractivity contribution in [3.8, 4) is 0 Å². The van der Waals surface area contributed by atoms with Crippen LogP contribution in [-0.4, -0.2) is 46.0 Å². The zero-order valence-corrected chi connectivity index (χ0v) is 17.3. The molecule has 0 bridgehead atoms. The first-order valence-electron chi connectivity index (χ1n) is 9.33. The molecule has 0 aliphatic rings. The van der Waals surface area contributed by atoms with Gasteiger partial charge in [0, 0.05) is 6.61 Å². The molecule has 27 heavy (non-hydrogen) atoms. The van der Waals surface area contributed by atoms with Gasteiger partial charge in [0.15, 0.2) is 0 Å². The van der Waals surface area contributed by atoms with Gasteiger partial charge in [-0.2, -0.15) is 0 Å². The second-order valence-electron chi connectivity index (χ2n) is 8.54. The van der Waals surface area contributed by atoms with E-state index in [-0.39, 0.29) is 6.61 Å². The Morgan fingerprint density at radius 3 is 1.85 bits per heavy atom. The van der Waals surface area contributed by atoms with Crippen LogP contribution in [0.4, 0.5) is 9.59 Å². The normalized spacial score (nSPS) is 13.0. The topological polar surface area (TPSA) is 76.1 Å². The molecule has 2 amide bonds. The molecule has 6 heteroatoms. The number of carbonyl (C=O) groups excluding carboxylic acids is 2. The Morgan fingerprint density at radius 2 is 1.44 bits per heavy atom. The van der Waals surface area contributed by atoms with E-state index in [1.807, 2.05) is 30.3 Å². The van der Waals surface area contributed by atoms with Crippen LogP contribution in [0.3, 0.4) is 0 Å². The van der Waals surface area contributed by atoms with E-state index in [1.54, 1.807) is 41.5 Å². The quantitative estimate of drug-likeness (QED) is 0.785. The van der Waals surface area contributed by atoms with Crippen molar-refractivity contribution in [3.05, 3.63) is 35.9 Å².